The van der Waals surface area contributed by atoms with Crippen molar-refractivity contribution in [3.63, 3.8) is 0 Å². The highest BCUT2D eigenvalue weighted by molar-refractivity contribution is 5.33. The van der Waals surface area contributed by atoms with Crippen LogP contribution in [0.25, 0.3) is 0 Å². The van der Waals surface area contributed by atoms with Crippen molar-refractivity contribution >= 4 is 0 Å². The lowest BCUT2D eigenvalue weighted by atomic mass is 9.95. The lowest BCUT2D eigenvalue weighted by Crippen LogP contribution is -2.45. The summed E-state index contributed by atoms with van der Waals surface area (Å²) >= 11 is 0. The van der Waals surface area contributed by atoms with Crippen LogP contribution in [0.5, 0.6) is 0 Å². The zero-order chi connectivity index (χ0) is 15.5. The van der Waals surface area contributed by atoms with Gasteiger partial charge in [0, 0.05) is 32.2 Å². The van der Waals surface area contributed by atoms with Crippen molar-refractivity contribution in [2.45, 2.75) is 18.6 Å². The zero-order valence-electron chi connectivity index (χ0n) is 11.4. The van der Waals surface area contributed by atoms with E-state index in [0.29, 0.717) is 32.2 Å². The van der Waals surface area contributed by atoms with Crippen LogP contribution in [0.15, 0.2) is 18.2 Å². The predicted octanol–water partition coefficient (Wildman–Crippen LogP) is 3.15. The van der Waals surface area contributed by atoms with Gasteiger partial charge >= 0.3 is 6.18 Å². The fourth-order valence-corrected chi connectivity index (χ4v) is 2.70. The lowest BCUT2D eigenvalue weighted by molar-refractivity contribution is -0.139. The number of halogens is 5. The summed E-state index contributed by atoms with van der Waals surface area (Å²) in [6.45, 7) is 1.65. The van der Waals surface area contributed by atoms with E-state index in [0.717, 1.165) is 12.1 Å². The largest absolute Gasteiger partial charge is 0.416 e. The molecule has 0 unspecified atom stereocenters. The van der Waals surface area contributed by atoms with Crippen LogP contribution in [-0.4, -0.2) is 37.8 Å². The molecule has 0 aromatic heterocycles. The first-order valence-corrected chi connectivity index (χ1v) is 6.81. The fraction of sp³-hybridized carbons (Fsp3) is 0.571. The number of nitrogens with one attached hydrogen (secondary N) is 1. The molecule has 1 saturated heterocycles. The number of rotatable bonds is 4. The van der Waals surface area contributed by atoms with Gasteiger partial charge in [-0.1, -0.05) is 6.07 Å². The minimum Gasteiger partial charge on any atom is -0.314 e. The smallest absolute Gasteiger partial charge is 0.314 e. The van der Waals surface area contributed by atoms with Crippen molar-refractivity contribution in [1.29, 1.82) is 0 Å². The summed E-state index contributed by atoms with van der Waals surface area (Å²) in [5, 5.41) is 3.10. The van der Waals surface area contributed by atoms with Gasteiger partial charge in [0.15, 0.2) is 0 Å². The standard InChI is InChI=1S/C14H17F5N2/c15-4-3-13(21-7-5-20-6-8-21)11-2-1-10(16)9-12(11)14(17,18)19/h1-2,9,13,20H,3-8H2/t13-/m1/s1. The molecule has 1 aromatic rings. The van der Waals surface area contributed by atoms with E-state index < -0.39 is 30.3 Å². The highest BCUT2D eigenvalue weighted by atomic mass is 19.4. The summed E-state index contributed by atoms with van der Waals surface area (Å²) in [6, 6.07) is 1.93. The Labute approximate surface area is 119 Å². The summed E-state index contributed by atoms with van der Waals surface area (Å²) in [5.41, 5.74) is -1.07. The Morgan fingerprint density at radius 3 is 2.43 bits per heavy atom. The SMILES string of the molecule is FCC[C@H](c1ccc(F)cc1C(F)(F)F)N1CCNCC1. The first-order chi connectivity index (χ1) is 9.93. The minimum absolute atomic E-state index is 0.0330. The van der Waals surface area contributed by atoms with E-state index in [-0.39, 0.29) is 12.0 Å². The van der Waals surface area contributed by atoms with Crippen molar-refractivity contribution in [1.82, 2.24) is 10.2 Å². The molecule has 1 aliphatic rings. The third-order valence-electron chi connectivity index (χ3n) is 3.65. The van der Waals surface area contributed by atoms with E-state index in [9.17, 15) is 22.0 Å². The van der Waals surface area contributed by atoms with Crippen molar-refractivity contribution < 1.29 is 22.0 Å². The highest BCUT2D eigenvalue weighted by Crippen LogP contribution is 2.38. The van der Waals surface area contributed by atoms with E-state index >= 15 is 0 Å². The predicted molar refractivity (Wildman–Crippen MR) is 69.2 cm³/mol. The Balaban J connectivity index is 2.39. The minimum atomic E-state index is -4.65. The van der Waals surface area contributed by atoms with Gasteiger partial charge in [0.25, 0.3) is 0 Å². The number of alkyl halides is 4. The van der Waals surface area contributed by atoms with Crippen LogP contribution in [-0.2, 0) is 6.18 Å². The molecule has 118 valence electrons. The van der Waals surface area contributed by atoms with Crippen LogP contribution in [0.1, 0.15) is 23.6 Å². The molecule has 21 heavy (non-hydrogen) atoms. The molecule has 0 bridgehead atoms. The van der Waals surface area contributed by atoms with Crippen molar-refractivity contribution in [3.8, 4) is 0 Å². The van der Waals surface area contributed by atoms with Crippen LogP contribution >= 0.6 is 0 Å². The molecule has 7 heteroatoms. The maximum Gasteiger partial charge on any atom is 0.416 e. The van der Waals surface area contributed by atoms with Gasteiger partial charge < -0.3 is 5.32 Å². The van der Waals surface area contributed by atoms with Crippen LogP contribution < -0.4 is 5.32 Å². The molecule has 2 nitrogen and oxygen atoms in total. The molecular weight excluding hydrogens is 291 g/mol. The summed E-state index contributed by atoms with van der Waals surface area (Å²) in [7, 11) is 0. The normalized spacial score (nSPS) is 18.7. The van der Waals surface area contributed by atoms with E-state index in [1.807, 2.05) is 4.90 Å². The maximum atomic E-state index is 13.2. The molecule has 0 amide bonds. The first-order valence-electron chi connectivity index (χ1n) is 6.81. The van der Waals surface area contributed by atoms with Gasteiger partial charge in [0.2, 0.25) is 0 Å². The summed E-state index contributed by atoms with van der Waals surface area (Å²) in [6.07, 6.45) is -4.69. The molecule has 0 saturated carbocycles. The van der Waals surface area contributed by atoms with Crippen LogP contribution in [0, 0.1) is 5.82 Å². The third kappa shape index (κ3) is 3.91. The number of hydrogen-bond donors (Lipinski definition) is 1. The highest BCUT2D eigenvalue weighted by Gasteiger charge is 2.37. The molecule has 0 spiro atoms. The number of nitrogens with zero attached hydrogens (tertiary/aromatic N) is 1. The van der Waals surface area contributed by atoms with Gasteiger partial charge in [-0.2, -0.15) is 13.2 Å². The Morgan fingerprint density at radius 2 is 1.86 bits per heavy atom. The molecule has 1 atom stereocenters. The summed E-state index contributed by atoms with van der Waals surface area (Å²) in [5.74, 6) is -0.939. The second-order valence-electron chi connectivity index (χ2n) is 5.01. The molecule has 1 fully saturated rings. The molecular formula is C14H17F5N2. The van der Waals surface area contributed by atoms with E-state index in [1.54, 1.807) is 0 Å². The lowest BCUT2D eigenvalue weighted by Gasteiger charge is -2.36. The number of hydrogen-bond acceptors (Lipinski definition) is 2. The molecule has 2 rings (SSSR count). The van der Waals surface area contributed by atoms with Gasteiger partial charge in [-0.3, -0.25) is 9.29 Å². The quantitative estimate of drug-likeness (QED) is 0.860. The fourth-order valence-electron chi connectivity index (χ4n) is 2.70. The Morgan fingerprint density at radius 1 is 1.19 bits per heavy atom. The number of benzene rings is 1. The van der Waals surface area contributed by atoms with Crippen LogP contribution in [0.2, 0.25) is 0 Å². The van der Waals surface area contributed by atoms with Crippen molar-refractivity contribution in [2.75, 3.05) is 32.9 Å². The van der Waals surface area contributed by atoms with E-state index in [1.165, 1.54) is 0 Å². The molecule has 1 N–H and O–H groups in total. The molecule has 1 aliphatic heterocycles. The Hall–Kier alpha value is -1.21. The topological polar surface area (TPSA) is 15.3 Å². The summed E-state index contributed by atoms with van der Waals surface area (Å²) < 4.78 is 65.3. The Kier molecular flexibility index (Phi) is 5.16. The Bertz CT molecular complexity index is 469. The second kappa shape index (κ2) is 6.70. The maximum absolute atomic E-state index is 13.2. The van der Waals surface area contributed by atoms with Crippen LogP contribution in [0.4, 0.5) is 22.0 Å². The summed E-state index contributed by atoms with van der Waals surface area (Å²) in [4.78, 5) is 1.82. The zero-order valence-corrected chi connectivity index (χ0v) is 11.4. The van der Waals surface area contributed by atoms with Gasteiger partial charge in [0.1, 0.15) is 5.82 Å². The van der Waals surface area contributed by atoms with Gasteiger partial charge in [-0.25, -0.2) is 4.39 Å². The van der Waals surface area contributed by atoms with E-state index in [2.05, 4.69) is 5.32 Å². The molecule has 1 heterocycles. The van der Waals surface area contributed by atoms with Gasteiger partial charge in [-0.05, 0) is 24.1 Å². The van der Waals surface area contributed by atoms with Gasteiger partial charge in [-0.15, -0.1) is 0 Å². The average molecular weight is 308 g/mol. The molecule has 0 radical (unpaired) electrons. The molecule has 1 aromatic carbocycles. The average Bonchev–Trinajstić information content (AvgIpc) is 2.45. The van der Waals surface area contributed by atoms with E-state index in [4.69, 9.17) is 0 Å². The van der Waals surface area contributed by atoms with Crippen molar-refractivity contribution in [3.05, 3.63) is 35.1 Å². The monoisotopic (exact) mass is 308 g/mol. The molecule has 0 aliphatic carbocycles. The first kappa shape index (κ1) is 16.2. The van der Waals surface area contributed by atoms with Crippen molar-refractivity contribution in [2.24, 2.45) is 0 Å². The third-order valence-corrected chi connectivity index (χ3v) is 3.65. The number of piperazine rings is 1. The van der Waals surface area contributed by atoms with Gasteiger partial charge in [0.05, 0.1) is 12.2 Å². The second-order valence-corrected chi connectivity index (χ2v) is 5.01. The van der Waals surface area contributed by atoms with Crippen LogP contribution in [0.3, 0.4) is 0 Å².